The van der Waals surface area contributed by atoms with Gasteiger partial charge >= 0.3 is 0 Å². The van der Waals surface area contributed by atoms with E-state index in [1.165, 1.54) is 19.3 Å². The van der Waals surface area contributed by atoms with E-state index in [9.17, 15) is 4.79 Å². The van der Waals surface area contributed by atoms with Crippen molar-refractivity contribution < 1.29 is 14.1 Å². The van der Waals surface area contributed by atoms with Crippen LogP contribution in [-0.4, -0.2) is 29.1 Å². The van der Waals surface area contributed by atoms with Crippen LogP contribution in [0.25, 0.3) is 0 Å². The lowest BCUT2D eigenvalue weighted by Gasteiger charge is -2.34. The number of benzene rings is 1. The second-order valence-corrected chi connectivity index (χ2v) is 7.46. The van der Waals surface area contributed by atoms with Crippen LogP contribution in [0.5, 0.6) is 5.75 Å². The van der Waals surface area contributed by atoms with Crippen LogP contribution in [0.3, 0.4) is 0 Å². The van der Waals surface area contributed by atoms with Gasteiger partial charge < -0.3 is 14.2 Å². The van der Waals surface area contributed by atoms with E-state index in [0.29, 0.717) is 18.2 Å². The van der Waals surface area contributed by atoms with Gasteiger partial charge in [0, 0.05) is 24.6 Å². The van der Waals surface area contributed by atoms with E-state index in [0.717, 1.165) is 42.8 Å². The third-order valence-corrected chi connectivity index (χ3v) is 5.52. The average molecular weight is 354 g/mol. The van der Waals surface area contributed by atoms with Crippen molar-refractivity contribution in [1.82, 2.24) is 10.1 Å². The SMILES string of the molecule is COc1ccc(CN(C(=O)c2cc(C3CC3)on2)C2CCCCC2)cc1. The lowest BCUT2D eigenvalue weighted by atomic mass is 9.93. The molecular formula is C21H26N2O3. The van der Waals surface area contributed by atoms with E-state index >= 15 is 0 Å². The molecule has 1 aromatic carbocycles. The van der Waals surface area contributed by atoms with Crippen LogP contribution in [0.1, 0.15) is 72.7 Å². The van der Waals surface area contributed by atoms with Gasteiger partial charge in [-0.05, 0) is 43.4 Å². The Kier molecular flexibility index (Phi) is 4.96. The highest BCUT2D eigenvalue weighted by atomic mass is 16.5. The first kappa shape index (κ1) is 17.1. The van der Waals surface area contributed by atoms with Crippen LogP contribution < -0.4 is 4.74 Å². The Morgan fingerprint density at radius 1 is 1.15 bits per heavy atom. The average Bonchev–Trinajstić information content (AvgIpc) is 3.43. The summed E-state index contributed by atoms with van der Waals surface area (Å²) < 4.78 is 10.6. The standard InChI is InChI=1S/C21H26N2O3/c1-25-18-11-7-15(8-12-18)14-23(17-5-3-2-4-6-17)21(24)19-13-20(26-22-19)16-9-10-16/h7-8,11-13,16-17H,2-6,9-10,14H2,1H3. The number of carbonyl (C=O) groups is 1. The van der Waals surface area contributed by atoms with E-state index in [1.54, 1.807) is 7.11 Å². The maximum Gasteiger partial charge on any atom is 0.276 e. The van der Waals surface area contributed by atoms with Gasteiger partial charge in [-0.15, -0.1) is 0 Å². The molecule has 0 bridgehead atoms. The molecule has 26 heavy (non-hydrogen) atoms. The Labute approximate surface area is 154 Å². The summed E-state index contributed by atoms with van der Waals surface area (Å²) in [4.78, 5) is 15.2. The van der Waals surface area contributed by atoms with E-state index in [2.05, 4.69) is 5.16 Å². The summed E-state index contributed by atoms with van der Waals surface area (Å²) in [5.74, 6) is 2.15. The lowest BCUT2D eigenvalue weighted by Crippen LogP contribution is -2.41. The zero-order chi connectivity index (χ0) is 17.9. The van der Waals surface area contributed by atoms with Crippen molar-refractivity contribution in [2.75, 3.05) is 7.11 Å². The number of ether oxygens (including phenoxy) is 1. The largest absolute Gasteiger partial charge is 0.497 e. The molecule has 5 heteroatoms. The van der Waals surface area contributed by atoms with Crippen LogP contribution in [0.15, 0.2) is 34.9 Å². The Morgan fingerprint density at radius 3 is 2.54 bits per heavy atom. The minimum absolute atomic E-state index is 0.0108. The number of hydrogen-bond acceptors (Lipinski definition) is 4. The molecule has 0 radical (unpaired) electrons. The summed E-state index contributed by atoms with van der Waals surface area (Å²) >= 11 is 0. The first-order valence-corrected chi connectivity index (χ1v) is 9.65. The summed E-state index contributed by atoms with van der Waals surface area (Å²) in [5.41, 5.74) is 1.56. The fourth-order valence-electron chi connectivity index (χ4n) is 3.78. The first-order valence-electron chi connectivity index (χ1n) is 9.65. The van der Waals surface area contributed by atoms with Crippen molar-refractivity contribution in [2.45, 2.75) is 63.5 Å². The molecule has 4 rings (SSSR count). The van der Waals surface area contributed by atoms with Gasteiger partial charge in [-0.1, -0.05) is 36.6 Å². The van der Waals surface area contributed by atoms with Crippen molar-refractivity contribution in [2.24, 2.45) is 0 Å². The smallest absolute Gasteiger partial charge is 0.276 e. The number of aromatic nitrogens is 1. The zero-order valence-corrected chi connectivity index (χ0v) is 15.3. The topological polar surface area (TPSA) is 55.6 Å². The van der Waals surface area contributed by atoms with Crippen LogP contribution in [0.4, 0.5) is 0 Å². The van der Waals surface area contributed by atoms with Crippen molar-refractivity contribution >= 4 is 5.91 Å². The second-order valence-electron chi connectivity index (χ2n) is 7.46. The van der Waals surface area contributed by atoms with E-state index < -0.39 is 0 Å². The highest BCUT2D eigenvalue weighted by molar-refractivity contribution is 5.92. The molecule has 2 aliphatic rings. The molecule has 0 aliphatic heterocycles. The fourth-order valence-corrected chi connectivity index (χ4v) is 3.78. The molecule has 2 saturated carbocycles. The van der Waals surface area contributed by atoms with Crippen LogP contribution >= 0.6 is 0 Å². The second kappa shape index (κ2) is 7.52. The van der Waals surface area contributed by atoms with Gasteiger partial charge in [0.05, 0.1) is 7.11 Å². The molecule has 2 fully saturated rings. The fraction of sp³-hybridized carbons (Fsp3) is 0.524. The monoisotopic (exact) mass is 354 g/mol. The van der Waals surface area contributed by atoms with Gasteiger partial charge in [-0.2, -0.15) is 0 Å². The van der Waals surface area contributed by atoms with E-state index in [1.807, 2.05) is 35.2 Å². The number of amides is 1. The van der Waals surface area contributed by atoms with Crippen LogP contribution in [0, 0.1) is 0 Å². The van der Waals surface area contributed by atoms with Crippen molar-refractivity contribution in [3.8, 4) is 5.75 Å². The lowest BCUT2D eigenvalue weighted by molar-refractivity contribution is 0.0603. The highest BCUT2D eigenvalue weighted by Gasteiger charge is 2.32. The molecule has 1 amide bonds. The molecule has 5 nitrogen and oxygen atoms in total. The van der Waals surface area contributed by atoms with Crippen LogP contribution in [-0.2, 0) is 6.54 Å². The highest BCUT2D eigenvalue weighted by Crippen LogP contribution is 2.40. The third-order valence-electron chi connectivity index (χ3n) is 5.52. The predicted molar refractivity (Wildman–Crippen MR) is 98.2 cm³/mol. The third kappa shape index (κ3) is 3.76. The van der Waals surface area contributed by atoms with E-state index in [-0.39, 0.29) is 11.9 Å². The molecule has 0 saturated heterocycles. The number of methoxy groups -OCH3 is 1. The van der Waals surface area contributed by atoms with Crippen LogP contribution in [0.2, 0.25) is 0 Å². The van der Waals surface area contributed by atoms with Gasteiger partial charge in [-0.25, -0.2) is 0 Å². The Bertz CT molecular complexity index is 743. The van der Waals surface area contributed by atoms with Gasteiger partial charge in [-0.3, -0.25) is 4.79 Å². The molecule has 2 aromatic rings. The maximum atomic E-state index is 13.2. The molecule has 0 spiro atoms. The number of hydrogen-bond donors (Lipinski definition) is 0. The molecule has 138 valence electrons. The maximum absolute atomic E-state index is 13.2. The number of nitrogens with zero attached hydrogens (tertiary/aromatic N) is 2. The molecule has 1 heterocycles. The first-order chi connectivity index (χ1) is 12.7. The molecular weight excluding hydrogens is 328 g/mol. The predicted octanol–water partition coefficient (Wildman–Crippen LogP) is 4.54. The minimum atomic E-state index is -0.0108. The Hall–Kier alpha value is -2.30. The van der Waals surface area contributed by atoms with Crippen molar-refractivity contribution in [3.05, 3.63) is 47.3 Å². The molecule has 1 aromatic heterocycles. The zero-order valence-electron chi connectivity index (χ0n) is 15.3. The van der Waals surface area contributed by atoms with E-state index in [4.69, 9.17) is 9.26 Å². The van der Waals surface area contributed by atoms with Crippen molar-refractivity contribution in [3.63, 3.8) is 0 Å². The normalized spacial score (nSPS) is 17.9. The number of rotatable bonds is 6. The summed E-state index contributed by atoms with van der Waals surface area (Å²) in [6.07, 6.45) is 8.04. The molecule has 0 unspecified atom stereocenters. The summed E-state index contributed by atoms with van der Waals surface area (Å²) in [6, 6.07) is 10.1. The Morgan fingerprint density at radius 2 is 1.88 bits per heavy atom. The van der Waals surface area contributed by atoms with Gasteiger partial charge in [0.15, 0.2) is 5.69 Å². The van der Waals surface area contributed by atoms with Gasteiger partial charge in [0.1, 0.15) is 11.5 Å². The van der Waals surface area contributed by atoms with Crippen molar-refractivity contribution in [1.29, 1.82) is 0 Å². The van der Waals surface area contributed by atoms with Gasteiger partial charge in [0.2, 0.25) is 0 Å². The molecule has 0 atom stereocenters. The summed E-state index contributed by atoms with van der Waals surface area (Å²) in [7, 11) is 1.66. The number of carbonyl (C=O) groups excluding carboxylic acids is 1. The molecule has 2 aliphatic carbocycles. The summed E-state index contributed by atoms with van der Waals surface area (Å²) in [6.45, 7) is 0.596. The minimum Gasteiger partial charge on any atom is -0.497 e. The van der Waals surface area contributed by atoms with Gasteiger partial charge in [0.25, 0.3) is 5.91 Å². The summed E-state index contributed by atoms with van der Waals surface area (Å²) in [5, 5.41) is 4.08. The molecule has 0 N–H and O–H groups in total. The Balaban J connectivity index is 1.55. The quantitative estimate of drug-likeness (QED) is 0.764.